The first-order chi connectivity index (χ1) is 25.8. The van der Waals surface area contributed by atoms with Gasteiger partial charge in [0, 0.05) is 13.2 Å². The van der Waals surface area contributed by atoms with Crippen molar-refractivity contribution in [3.05, 3.63) is 65.6 Å². The summed E-state index contributed by atoms with van der Waals surface area (Å²) in [5.74, 6) is -4.37. The number of imide groups is 1. The summed E-state index contributed by atoms with van der Waals surface area (Å²) in [5.41, 5.74) is -10.7. The van der Waals surface area contributed by atoms with E-state index >= 15 is 13.2 Å². The first-order valence-electron chi connectivity index (χ1n) is 18.2. The minimum absolute atomic E-state index is 0.00446. The molecule has 2 amide bonds. The molecule has 1 aliphatic heterocycles. The van der Waals surface area contributed by atoms with Gasteiger partial charge in [-0.2, -0.15) is 31.2 Å². The third kappa shape index (κ3) is 9.56. The largest absolute Gasteiger partial charge is 0.474 e. The number of benzene rings is 1. The van der Waals surface area contributed by atoms with E-state index in [-0.39, 0.29) is 16.5 Å². The summed E-state index contributed by atoms with van der Waals surface area (Å²) in [4.78, 5) is 30.9. The molecule has 0 fully saturated rings. The minimum Gasteiger partial charge on any atom is -0.474 e. The maximum absolute atomic E-state index is 15.4. The smallest absolute Gasteiger partial charge is 0.426 e. The Bertz CT molecular complexity index is 1950. The van der Waals surface area contributed by atoms with Gasteiger partial charge in [-0.25, -0.2) is 14.6 Å². The van der Waals surface area contributed by atoms with Crippen molar-refractivity contribution in [2.45, 2.75) is 109 Å². The lowest BCUT2D eigenvalue weighted by atomic mass is 9.95. The van der Waals surface area contributed by atoms with Crippen molar-refractivity contribution < 1.29 is 67.5 Å². The van der Waals surface area contributed by atoms with Crippen LogP contribution in [0.4, 0.5) is 41.6 Å². The van der Waals surface area contributed by atoms with Gasteiger partial charge in [0.15, 0.2) is 5.69 Å². The molecule has 51 heavy (non-hydrogen) atoms. The van der Waals surface area contributed by atoms with Gasteiger partial charge in [0.1, 0.15) is 22.8 Å². The fourth-order valence-corrected chi connectivity index (χ4v) is 4.46. The zero-order valence-electron chi connectivity index (χ0n) is 34.2. The number of ether oxygens (including phenoxy) is 4. The number of pyridine rings is 1. The Balaban J connectivity index is 2.18. The SMILES string of the molecule is [2H]C([2H])([2H])[C@@]1([2H])Oc2nc(c(N(C(=O)OC(C)(C)C)C(=O)OC(C)(C)C)cc2C(F)(F)F)-c2nnc(o2)[C@@](OCc2ccccc2)(C(F)(F)F)CC/C=C\C1([2H])[2H]. The van der Waals surface area contributed by atoms with Crippen LogP contribution < -0.4 is 9.64 Å². The normalized spacial score (nSPS) is 23.8. The first kappa shape index (κ1) is 31.1. The van der Waals surface area contributed by atoms with Crippen LogP contribution in [0, 0.1) is 0 Å². The number of fused-ring (bicyclic) bond motifs is 5. The zero-order chi connectivity index (χ0) is 43.2. The molecule has 4 rings (SSSR count). The molecule has 11 nitrogen and oxygen atoms in total. The molecule has 0 saturated carbocycles. The number of carbonyl (C=O) groups is 2. The van der Waals surface area contributed by atoms with E-state index in [1.165, 1.54) is 65.8 Å². The van der Waals surface area contributed by atoms with Gasteiger partial charge in [0.2, 0.25) is 11.5 Å². The number of hydrogen-bond donors (Lipinski definition) is 0. The second-order valence-corrected chi connectivity index (χ2v) is 13.0. The van der Waals surface area contributed by atoms with E-state index in [9.17, 15) is 22.8 Å². The summed E-state index contributed by atoms with van der Waals surface area (Å²) in [6.07, 6.45) is -22.9. The Morgan fingerprint density at radius 2 is 1.63 bits per heavy atom. The molecule has 0 N–H and O–H groups in total. The van der Waals surface area contributed by atoms with Crippen molar-refractivity contribution in [1.29, 1.82) is 0 Å². The summed E-state index contributed by atoms with van der Waals surface area (Å²) < 4.78 is 167. The summed E-state index contributed by atoms with van der Waals surface area (Å²) in [7, 11) is 0. The molecule has 4 bridgehead atoms. The van der Waals surface area contributed by atoms with Crippen LogP contribution in [0.1, 0.15) is 92.9 Å². The fourth-order valence-electron chi connectivity index (χ4n) is 4.46. The van der Waals surface area contributed by atoms with E-state index in [0.717, 1.165) is 6.08 Å². The molecule has 0 spiro atoms. The van der Waals surface area contributed by atoms with E-state index in [2.05, 4.69) is 15.2 Å². The minimum atomic E-state index is -5.64. The molecule has 0 radical (unpaired) electrons. The van der Waals surface area contributed by atoms with Gasteiger partial charge >= 0.3 is 24.5 Å². The lowest BCUT2D eigenvalue weighted by Gasteiger charge is -2.32. The molecule has 0 saturated heterocycles. The Morgan fingerprint density at radius 3 is 2.18 bits per heavy atom. The van der Waals surface area contributed by atoms with Gasteiger partial charge < -0.3 is 23.4 Å². The Labute approximate surface area is 298 Å². The predicted molar refractivity (Wildman–Crippen MR) is 170 cm³/mol. The molecule has 1 aliphatic rings. The number of alkyl halides is 6. The number of hydrogen-bond acceptors (Lipinski definition) is 10. The summed E-state index contributed by atoms with van der Waals surface area (Å²) in [6, 6.07) is 7.48. The number of nitrogens with zero attached hydrogens (tertiary/aromatic N) is 4. The van der Waals surface area contributed by atoms with Gasteiger partial charge in [-0.3, -0.25) is 0 Å². The van der Waals surface area contributed by atoms with Crippen molar-refractivity contribution in [2.75, 3.05) is 4.90 Å². The Morgan fingerprint density at radius 1 is 1.00 bits per heavy atom. The number of halogens is 6. The van der Waals surface area contributed by atoms with Gasteiger partial charge in [-0.1, -0.05) is 42.5 Å². The molecule has 17 heteroatoms. The van der Waals surface area contributed by atoms with E-state index in [4.69, 9.17) is 31.6 Å². The van der Waals surface area contributed by atoms with E-state index < -0.39 is 115 Å². The third-order valence-corrected chi connectivity index (χ3v) is 6.62. The highest BCUT2D eigenvalue weighted by atomic mass is 19.4. The quantitative estimate of drug-likeness (QED) is 0.189. The number of amides is 2. The van der Waals surface area contributed by atoms with Gasteiger partial charge in [0.05, 0.1) is 13.7 Å². The Hall–Kier alpha value is -4.67. The van der Waals surface area contributed by atoms with Gasteiger partial charge in [0.25, 0.3) is 11.8 Å². The van der Waals surface area contributed by atoms with Gasteiger partial charge in [-0.15, -0.1) is 10.2 Å². The van der Waals surface area contributed by atoms with E-state index in [1.54, 1.807) is 6.07 Å². The average Bonchev–Trinajstić information content (AvgIpc) is 3.52. The van der Waals surface area contributed by atoms with E-state index in [0.29, 0.717) is 6.08 Å². The standard InChI is InChI=1S/C34H38F6N4O7/c1-20-14-10-9-13-17-32(34(38,39)40,47-19-21-15-11-8-12-16-21)27-43-42-26(49-27)24-23(18-22(33(35,36)37)25(41-24)48-20)44(28(45)50-30(2,3)4)29(46)51-31(5,6)7/h8-12,15-16,18,20H,13-14,17,19H2,1-7H3/b10-9-/t20-,32-/m1/s1/i1D3,14D2,20D. The molecule has 3 aromatic rings. The van der Waals surface area contributed by atoms with Crippen molar-refractivity contribution in [2.24, 2.45) is 0 Å². The summed E-state index contributed by atoms with van der Waals surface area (Å²) >= 11 is 0. The highest BCUT2D eigenvalue weighted by Gasteiger charge is 2.61. The number of anilines is 1. The molecule has 3 heterocycles. The first-order valence-corrected chi connectivity index (χ1v) is 15.2. The lowest BCUT2D eigenvalue weighted by Crippen LogP contribution is -2.45. The van der Waals surface area contributed by atoms with Crippen LogP contribution in [0.25, 0.3) is 11.6 Å². The highest BCUT2D eigenvalue weighted by molar-refractivity contribution is 6.11. The molecule has 0 unspecified atom stereocenters. The van der Waals surface area contributed by atoms with Crippen LogP contribution >= 0.6 is 0 Å². The Kier molecular flexibility index (Phi) is 8.85. The zero-order valence-corrected chi connectivity index (χ0v) is 28.2. The van der Waals surface area contributed by atoms with Crippen LogP contribution in [-0.2, 0) is 32.6 Å². The van der Waals surface area contributed by atoms with Crippen molar-refractivity contribution in [3.63, 3.8) is 0 Å². The van der Waals surface area contributed by atoms with Crippen LogP contribution in [0.15, 0.2) is 53.0 Å². The van der Waals surface area contributed by atoms with E-state index in [1.807, 2.05) is 0 Å². The van der Waals surface area contributed by atoms with Crippen LogP contribution in [0.3, 0.4) is 0 Å². The number of allylic oxidation sites excluding steroid dienone is 1. The van der Waals surface area contributed by atoms with Crippen molar-refractivity contribution in [3.8, 4) is 17.5 Å². The number of carbonyl (C=O) groups excluding carboxylic acids is 2. The molecular weight excluding hydrogens is 690 g/mol. The topological polar surface area (TPSA) is 126 Å². The van der Waals surface area contributed by atoms with Crippen molar-refractivity contribution >= 4 is 17.9 Å². The second kappa shape index (κ2) is 14.5. The lowest BCUT2D eigenvalue weighted by molar-refractivity contribution is -0.299. The average molecular weight is 735 g/mol. The maximum atomic E-state index is 15.4. The molecule has 2 aromatic heterocycles. The predicted octanol–water partition coefficient (Wildman–Crippen LogP) is 9.31. The molecule has 1 aromatic carbocycles. The summed E-state index contributed by atoms with van der Waals surface area (Å²) in [5, 5.41) is 7.11. The van der Waals surface area contributed by atoms with Crippen LogP contribution in [-0.4, -0.2) is 50.8 Å². The van der Waals surface area contributed by atoms with Crippen molar-refractivity contribution in [1.82, 2.24) is 15.2 Å². The van der Waals surface area contributed by atoms with Crippen LogP contribution in [0.5, 0.6) is 5.88 Å². The number of rotatable bonds is 4. The van der Waals surface area contributed by atoms with Crippen LogP contribution in [0.2, 0.25) is 0 Å². The number of aromatic nitrogens is 3. The second-order valence-electron chi connectivity index (χ2n) is 13.0. The highest BCUT2D eigenvalue weighted by Crippen LogP contribution is 2.48. The molecular formula is C34H38F6N4O7. The summed E-state index contributed by atoms with van der Waals surface area (Å²) in [6.45, 7) is 3.35. The molecule has 278 valence electrons. The molecule has 0 aliphatic carbocycles. The van der Waals surface area contributed by atoms with Gasteiger partial charge in [-0.05, 0) is 72.9 Å². The third-order valence-electron chi connectivity index (χ3n) is 6.62. The molecule has 2 atom stereocenters. The maximum Gasteiger partial charge on any atom is 0.426 e. The monoisotopic (exact) mass is 734 g/mol. The fraction of sp³-hybridized carbons (Fsp3) is 0.500.